The first-order chi connectivity index (χ1) is 9.69. The summed E-state index contributed by atoms with van der Waals surface area (Å²) in [6, 6.07) is 0. The number of carboxylic acids is 1. The fraction of sp³-hybridized carbons (Fsp3) is 0.667. The predicted molar refractivity (Wildman–Crippen MR) is 59.5 cm³/mol. The molecule has 126 valence electrons. The minimum atomic E-state index is -5.79. The summed E-state index contributed by atoms with van der Waals surface area (Å²) in [7, 11) is 0. The van der Waals surface area contributed by atoms with E-state index in [0.29, 0.717) is 6.08 Å². The molecule has 22 heavy (non-hydrogen) atoms. The van der Waals surface area contributed by atoms with Gasteiger partial charge in [0.05, 0.1) is 5.92 Å². The van der Waals surface area contributed by atoms with Crippen molar-refractivity contribution >= 4 is 11.9 Å². The van der Waals surface area contributed by atoms with E-state index in [1.165, 1.54) is 0 Å². The zero-order chi connectivity index (χ0) is 17.5. The Hall–Kier alpha value is -1.74. The third-order valence-electron chi connectivity index (χ3n) is 3.44. The Morgan fingerprint density at radius 2 is 1.59 bits per heavy atom. The van der Waals surface area contributed by atoms with E-state index in [4.69, 9.17) is 5.11 Å². The van der Waals surface area contributed by atoms with E-state index < -0.39 is 47.6 Å². The number of allylic oxidation sites excluding steroid dienone is 1. The Kier molecular flexibility index (Phi) is 4.55. The lowest BCUT2D eigenvalue weighted by Crippen LogP contribution is -2.45. The summed E-state index contributed by atoms with van der Waals surface area (Å²) in [4.78, 5) is 21.9. The molecule has 0 heterocycles. The number of aliphatic carboxylic acids is 1. The van der Waals surface area contributed by atoms with Crippen LogP contribution in [0.3, 0.4) is 0 Å². The van der Waals surface area contributed by atoms with Gasteiger partial charge in [0, 0.05) is 6.08 Å². The van der Waals surface area contributed by atoms with Crippen LogP contribution in [0.1, 0.15) is 13.8 Å². The number of esters is 1. The van der Waals surface area contributed by atoms with E-state index in [0.717, 1.165) is 6.08 Å². The molecule has 0 saturated heterocycles. The first-order valence-corrected chi connectivity index (χ1v) is 5.94. The normalized spacial score (nSPS) is 24.6. The summed E-state index contributed by atoms with van der Waals surface area (Å²) < 4.78 is 76.5. The second kappa shape index (κ2) is 5.47. The molecule has 0 spiro atoms. The van der Waals surface area contributed by atoms with E-state index in [2.05, 4.69) is 4.74 Å². The van der Waals surface area contributed by atoms with Crippen LogP contribution in [0, 0.1) is 17.3 Å². The van der Waals surface area contributed by atoms with Crippen molar-refractivity contribution in [1.29, 1.82) is 0 Å². The van der Waals surface area contributed by atoms with E-state index in [-0.39, 0.29) is 0 Å². The lowest BCUT2D eigenvalue weighted by Gasteiger charge is -2.22. The second-order valence-electron chi connectivity index (χ2n) is 5.42. The highest BCUT2D eigenvalue weighted by Crippen LogP contribution is 2.59. The van der Waals surface area contributed by atoms with Crippen LogP contribution in [0.2, 0.25) is 0 Å². The van der Waals surface area contributed by atoms with E-state index in [1.807, 2.05) is 0 Å². The first-order valence-electron chi connectivity index (χ1n) is 5.94. The van der Waals surface area contributed by atoms with Crippen LogP contribution in [0.25, 0.3) is 0 Å². The van der Waals surface area contributed by atoms with Crippen LogP contribution in [0.4, 0.5) is 26.3 Å². The monoisotopic (exact) mass is 334 g/mol. The van der Waals surface area contributed by atoms with E-state index >= 15 is 0 Å². The lowest BCUT2D eigenvalue weighted by molar-refractivity contribution is -0.312. The molecule has 0 aliphatic heterocycles. The summed E-state index contributed by atoms with van der Waals surface area (Å²) in [5, 5.41) is 8.84. The van der Waals surface area contributed by atoms with Crippen molar-refractivity contribution in [3.05, 3.63) is 12.2 Å². The Morgan fingerprint density at radius 3 is 1.91 bits per heavy atom. The number of hydrogen-bond acceptors (Lipinski definition) is 3. The molecule has 10 heteroatoms. The Labute approximate surface area is 120 Å². The van der Waals surface area contributed by atoms with Crippen LogP contribution in [0.5, 0.6) is 0 Å². The number of carboxylic acid groups (broad SMARTS) is 1. The molecule has 0 aromatic carbocycles. The highest BCUT2D eigenvalue weighted by atomic mass is 19.4. The molecule has 0 unspecified atom stereocenters. The van der Waals surface area contributed by atoms with Gasteiger partial charge in [0.2, 0.25) is 0 Å². The first kappa shape index (κ1) is 18.3. The van der Waals surface area contributed by atoms with Gasteiger partial charge in [-0.15, -0.1) is 0 Å². The highest BCUT2D eigenvalue weighted by Gasteiger charge is 2.61. The molecule has 2 atom stereocenters. The Morgan fingerprint density at radius 1 is 1.14 bits per heavy atom. The number of carbonyl (C=O) groups is 2. The van der Waals surface area contributed by atoms with Crippen LogP contribution in [-0.4, -0.2) is 35.5 Å². The maximum Gasteiger partial charge on any atom is 0.434 e. The molecule has 0 aromatic rings. The third kappa shape index (κ3) is 3.92. The van der Waals surface area contributed by atoms with Gasteiger partial charge < -0.3 is 9.84 Å². The second-order valence-corrected chi connectivity index (χ2v) is 5.42. The van der Waals surface area contributed by atoms with Crippen molar-refractivity contribution < 1.29 is 45.8 Å². The van der Waals surface area contributed by atoms with Gasteiger partial charge in [-0.05, 0) is 11.3 Å². The fourth-order valence-corrected chi connectivity index (χ4v) is 2.17. The molecule has 0 aromatic heterocycles. The number of alkyl halides is 6. The van der Waals surface area contributed by atoms with Gasteiger partial charge >= 0.3 is 24.3 Å². The number of halogens is 6. The highest BCUT2D eigenvalue weighted by molar-refractivity contribution is 5.83. The zero-order valence-corrected chi connectivity index (χ0v) is 11.3. The topological polar surface area (TPSA) is 63.6 Å². The Balaban J connectivity index is 2.74. The molecule has 0 amide bonds. The predicted octanol–water partition coefficient (Wildman–Crippen LogP) is 2.94. The number of carbonyl (C=O) groups excluding carboxylic acids is 1. The molecule has 0 bridgehead atoms. The van der Waals surface area contributed by atoms with Crippen LogP contribution < -0.4 is 0 Å². The van der Waals surface area contributed by atoms with Crippen LogP contribution >= 0.6 is 0 Å². The Bertz CT molecular complexity index is 477. The van der Waals surface area contributed by atoms with Crippen molar-refractivity contribution in [3.63, 3.8) is 0 Å². The zero-order valence-electron chi connectivity index (χ0n) is 11.3. The summed E-state index contributed by atoms with van der Waals surface area (Å²) in [5.74, 6) is -4.55. The average molecular weight is 334 g/mol. The number of rotatable bonds is 4. The van der Waals surface area contributed by atoms with Crippen LogP contribution in [-0.2, 0) is 14.3 Å². The van der Waals surface area contributed by atoms with Gasteiger partial charge in [-0.2, -0.15) is 26.3 Å². The number of ether oxygens (including phenoxy) is 1. The van der Waals surface area contributed by atoms with Crippen molar-refractivity contribution in [2.45, 2.75) is 32.3 Å². The van der Waals surface area contributed by atoms with E-state index in [9.17, 15) is 35.9 Å². The third-order valence-corrected chi connectivity index (χ3v) is 3.44. The minimum Gasteiger partial charge on any atom is -0.481 e. The molecule has 1 saturated carbocycles. The summed E-state index contributed by atoms with van der Waals surface area (Å²) in [6.45, 7) is 3.08. The average Bonchev–Trinajstić information content (AvgIpc) is 2.82. The molecule has 1 rings (SSSR count). The van der Waals surface area contributed by atoms with E-state index in [1.54, 1.807) is 13.8 Å². The van der Waals surface area contributed by atoms with Crippen molar-refractivity contribution in [2.24, 2.45) is 17.3 Å². The van der Waals surface area contributed by atoms with Crippen molar-refractivity contribution in [1.82, 2.24) is 0 Å². The summed E-state index contributed by atoms with van der Waals surface area (Å²) in [6.07, 6.45) is -14.5. The molecular weight excluding hydrogens is 322 g/mol. The van der Waals surface area contributed by atoms with Gasteiger partial charge in [-0.25, -0.2) is 4.79 Å². The van der Waals surface area contributed by atoms with Gasteiger partial charge in [0.15, 0.2) is 0 Å². The molecule has 1 fully saturated rings. The summed E-state index contributed by atoms with van der Waals surface area (Å²) in [5.41, 5.74) is -0.740. The van der Waals surface area contributed by atoms with Crippen LogP contribution in [0.15, 0.2) is 12.2 Å². The number of hydrogen-bond donors (Lipinski definition) is 1. The van der Waals surface area contributed by atoms with Crippen molar-refractivity contribution in [2.75, 3.05) is 0 Å². The van der Waals surface area contributed by atoms with Gasteiger partial charge in [-0.3, -0.25) is 4.79 Å². The summed E-state index contributed by atoms with van der Waals surface area (Å²) >= 11 is 0. The SMILES string of the molecule is CC1(C)[C@H](C(=O)O)[C@@H]1/C=C\C(=O)OC(C(F)(F)F)C(F)(F)F. The molecule has 1 aliphatic rings. The molecule has 1 aliphatic carbocycles. The lowest BCUT2D eigenvalue weighted by atomic mass is 10.1. The van der Waals surface area contributed by atoms with Gasteiger partial charge in [-0.1, -0.05) is 19.9 Å². The molecule has 1 N–H and O–H groups in total. The van der Waals surface area contributed by atoms with Crippen molar-refractivity contribution in [3.8, 4) is 0 Å². The molecule has 0 radical (unpaired) electrons. The smallest absolute Gasteiger partial charge is 0.434 e. The minimum absolute atomic E-state index is 0.389. The standard InChI is InChI=1S/C12H12F6O4/c1-10(2)5(7(10)8(20)21)3-4-6(19)22-9(11(13,14)15)12(16,17)18/h3-5,7,9H,1-2H3,(H,20,21)/b4-3-/t5-,7-/m0/s1. The molecule has 4 nitrogen and oxygen atoms in total. The maximum atomic E-state index is 12.2. The molecular formula is C12H12F6O4. The quantitative estimate of drug-likeness (QED) is 0.488. The fourth-order valence-electron chi connectivity index (χ4n) is 2.17. The largest absolute Gasteiger partial charge is 0.481 e. The van der Waals surface area contributed by atoms with Gasteiger partial charge in [0.1, 0.15) is 0 Å². The maximum absolute atomic E-state index is 12.2. The van der Waals surface area contributed by atoms with Gasteiger partial charge in [0.25, 0.3) is 6.10 Å².